The summed E-state index contributed by atoms with van der Waals surface area (Å²) in [7, 11) is 0. The number of ether oxygens (including phenoxy) is 2. The molecule has 2 N–H and O–H groups in total. The Balaban J connectivity index is 2.22. The van der Waals surface area contributed by atoms with Crippen molar-refractivity contribution < 1.29 is 33.0 Å². The van der Waals surface area contributed by atoms with Crippen LogP contribution in [0.15, 0.2) is 24.3 Å². The molecule has 1 atom stereocenters. The number of halogens is 2. The molecule has 6 nitrogen and oxygen atoms in total. The van der Waals surface area contributed by atoms with Gasteiger partial charge in [0.1, 0.15) is 5.75 Å². The maximum absolute atomic E-state index is 12.3. The van der Waals surface area contributed by atoms with Gasteiger partial charge in [0, 0.05) is 13.0 Å². The van der Waals surface area contributed by atoms with Gasteiger partial charge < -0.3 is 19.9 Å². The summed E-state index contributed by atoms with van der Waals surface area (Å²) >= 11 is 0. The number of rotatable bonds is 5. The third kappa shape index (κ3) is 3.27. The van der Waals surface area contributed by atoms with E-state index in [9.17, 15) is 23.5 Å². The van der Waals surface area contributed by atoms with E-state index < -0.39 is 24.0 Å². The van der Waals surface area contributed by atoms with Gasteiger partial charge in [-0.25, -0.2) is 4.79 Å². The fourth-order valence-corrected chi connectivity index (χ4v) is 2.02. The number of para-hydroxylation sites is 1. The van der Waals surface area contributed by atoms with Gasteiger partial charge in [0.05, 0.1) is 12.2 Å². The van der Waals surface area contributed by atoms with Crippen LogP contribution < -0.4 is 10.1 Å². The molecule has 1 unspecified atom stereocenters. The number of hydrogen-bond acceptors (Lipinski definition) is 4. The van der Waals surface area contributed by atoms with Crippen molar-refractivity contribution in [1.29, 1.82) is 0 Å². The molecule has 1 saturated heterocycles. The first-order chi connectivity index (χ1) is 9.94. The quantitative estimate of drug-likeness (QED) is 0.855. The van der Waals surface area contributed by atoms with E-state index in [-0.39, 0.29) is 30.9 Å². The standard InChI is InChI=1S/C13H13F2NO5/c14-12(15)21-9-4-2-1-3-8(9)10(17)16-13(11(18)19)5-6-20-7-13/h1-4,12H,5-7H2,(H,16,17)(H,18,19). The van der Waals surface area contributed by atoms with Crippen LogP contribution in [0.2, 0.25) is 0 Å². The molecule has 0 spiro atoms. The van der Waals surface area contributed by atoms with Crippen molar-refractivity contribution in [3.63, 3.8) is 0 Å². The van der Waals surface area contributed by atoms with Crippen molar-refractivity contribution in [2.45, 2.75) is 18.6 Å². The average Bonchev–Trinajstić information content (AvgIpc) is 2.88. The van der Waals surface area contributed by atoms with Crippen LogP contribution in [0.4, 0.5) is 8.78 Å². The lowest BCUT2D eigenvalue weighted by atomic mass is 9.98. The fraction of sp³-hybridized carbons (Fsp3) is 0.385. The molecule has 1 fully saturated rings. The average molecular weight is 301 g/mol. The summed E-state index contributed by atoms with van der Waals surface area (Å²) in [5.41, 5.74) is -1.71. The van der Waals surface area contributed by atoms with Crippen LogP contribution in [0, 0.1) is 0 Å². The second-order valence-electron chi connectivity index (χ2n) is 4.52. The van der Waals surface area contributed by atoms with Crippen molar-refractivity contribution in [1.82, 2.24) is 5.32 Å². The Kier molecular flexibility index (Phi) is 4.37. The minimum Gasteiger partial charge on any atom is -0.479 e. The molecule has 0 saturated carbocycles. The second-order valence-corrected chi connectivity index (χ2v) is 4.52. The Morgan fingerprint density at radius 1 is 1.38 bits per heavy atom. The Bertz CT molecular complexity index is 543. The molecule has 1 aromatic rings. The molecule has 1 amide bonds. The third-order valence-corrected chi connectivity index (χ3v) is 3.13. The summed E-state index contributed by atoms with van der Waals surface area (Å²) in [6, 6.07) is 5.38. The summed E-state index contributed by atoms with van der Waals surface area (Å²) in [4.78, 5) is 23.5. The third-order valence-electron chi connectivity index (χ3n) is 3.13. The van der Waals surface area contributed by atoms with Crippen molar-refractivity contribution in [2.75, 3.05) is 13.2 Å². The zero-order chi connectivity index (χ0) is 15.5. The lowest BCUT2D eigenvalue weighted by Gasteiger charge is -2.24. The Morgan fingerprint density at radius 3 is 2.67 bits per heavy atom. The van der Waals surface area contributed by atoms with Gasteiger partial charge >= 0.3 is 12.6 Å². The minimum absolute atomic E-state index is 0.103. The highest BCUT2D eigenvalue weighted by atomic mass is 19.3. The Hall–Kier alpha value is -2.22. The number of benzene rings is 1. The van der Waals surface area contributed by atoms with Gasteiger partial charge in [-0.3, -0.25) is 4.79 Å². The maximum Gasteiger partial charge on any atom is 0.387 e. The van der Waals surface area contributed by atoms with Crippen molar-refractivity contribution in [3.8, 4) is 5.75 Å². The SMILES string of the molecule is O=C(NC1(C(=O)O)CCOC1)c1ccccc1OC(F)F. The first-order valence-electron chi connectivity index (χ1n) is 6.12. The number of amides is 1. The van der Waals surface area contributed by atoms with Gasteiger partial charge in [0.25, 0.3) is 5.91 Å². The van der Waals surface area contributed by atoms with E-state index in [4.69, 9.17) is 4.74 Å². The molecular formula is C13H13F2NO5. The molecule has 21 heavy (non-hydrogen) atoms. The highest BCUT2D eigenvalue weighted by molar-refractivity contribution is 6.00. The normalized spacial score (nSPS) is 21.3. The lowest BCUT2D eigenvalue weighted by Crippen LogP contribution is -2.55. The zero-order valence-electron chi connectivity index (χ0n) is 10.8. The summed E-state index contributed by atoms with van der Waals surface area (Å²) in [5.74, 6) is -2.36. The van der Waals surface area contributed by atoms with Crippen molar-refractivity contribution in [2.24, 2.45) is 0 Å². The predicted octanol–water partition coefficient (Wildman–Crippen LogP) is 1.26. The topological polar surface area (TPSA) is 84.9 Å². The predicted molar refractivity (Wildman–Crippen MR) is 66.3 cm³/mol. The van der Waals surface area contributed by atoms with Crippen LogP contribution in [0.1, 0.15) is 16.8 Å². The van der Waals surface area contributed by atoms with Gasteiger partial charge in [-0.1, -0.05) is 12.1 Å². The number of nitrogens with one attached hydrogen (secondary N) is 1. The molecule has 1 heterocycles. The molecule has 114 valence electrons. The molecule has 0 radical (unpaired) electrons. The maximum atomic E-state index is 12.3. The first-order valence-corrected chi connectivity index (χ1v) is 6.12. The first kappa shape index (κ1) is 15.2. The van der Waals surface area contributed by atoms with E-state index in [1.807, 2.05) is 0 Å². The highest BCUT2D eigenvalue weighted by Gasteiger charge is 2.44. The van der Waals surface area contributed by atoms with E-state index >= 15 is 0 Å². The van der Waals surface area contributed by atoms with E-state index in [0.29, 0.717) is 0 Å². The second kappa shape index (κ2) is 6.04. The van der Waals surface area contributed by atoms with E-state index in [1.165, 1.54) is 24.3 Å². The number of carbonyl (C=O) groups excluding carboxylic acids is 1. The van der Waals surface area contributed by atoms with E-state index in [0.717, 1.165) is 0 Å². The largest absolute Gasteiger partial charge is 0.479 e. The van der Waals surface area contributed by atoms with Crippen LogP contribution in [-0.4, -0.2) is 42.3 Å². The number of hydrogen-bond donors (Lipinski definition) is 2. The minimum atomic E-state index is -3.08. The van der Waals surface area contributed by atoms with Gasteiger partial charge in [-0.15, -0.1) is 0 Å². The monoisotopic (exact) mass is 301 g/mol. The number of alkyl halides is 2. The number of carboxylic acids is 1. The van der Waals surface area contributed by atoms with Gasteiger partial charge in [-0.05, 0) is 12.1 Å². The van der Waals surface area contributed by atoms with Gasteiger partial charge in [-0.2, -0.15) is 8.78 Å². The zero-order valence-corrected chi connectivity index (χ0v) is 10.8. The van der Waals surface area contributed by atoms with Crippen LogP contribution >= 0.6 is 0 Å². The fourth-order valence-electron chi connectivity index (χ4n) is 2.02. The van der Waals surface area contributed by atoms with E-state index in [2.05, 4.69) is 10.1 Å². The molecule has 0 bridgehead atoms. The molecule has 8 heteroatoms. The smallest absolute Gasteiger partial charge is 0.387 e. The van der Waals surface area contributed by atoms with Gasteiger partial charge in [0.2, 0.25) is 0 Å². The summed E-state index contributed by atoms with van der Waals surface area (Å²) in [6.45, 7) is -3.06. The van der Waals surface area contributed by atoms with E-state index in [1.54, 1.807) is 0 Å². The molecule has 1 aromatic carbocycles. The molecule has 0 aliphatic carbocycles. The number of carbonyl (C=O) groups is 2. The molecule has 0 aromatic heterocycles. The molecule has 2 rings (SSSR count). The van der Waals surface area contributed by atoms with Crippen molar-refractivity contribution >= 4 is 11.9 Å². The van der Waals surface area contributed by atoms with Crippen LogP contribution in [0.3, 0.4) is 0 Å². The summed E-state index contributed by atoms with van der Waals surface area (Å²) in [5, 5.41) is 11.6. The van der Waals surface area contributed by atoms with Gasteiger partial charge in [0.15, 0.2) is 5.54 Å². The Morgan fingerprint density at radius 2 is 2.10 bits per heavy atom. The molecule has 1 aliphatic rings. The summed E-state index contributed by atoms with van der Waals surface area (Å²) < 4.78 is 33.9. The Labute approximate surface area is 118 Å². The molecule has 1 aliphatic heterocycles. The van der Waals surface area contributed by atoms with Crippen LogP contribution in [0.25, 0.3) is 0 Å². The lowest BCUT2D eigenvalue weighted by molar-refractivity contribution is -0.144. The highest BCUT2D eigenvalue weighted by Crippen LogP contribution is 2.24. The number of aliphatic carboxylic acids is 1. The van der Waals surface area contributed by atoms with Crippen LogP contribution in [-0.2, 0) is 9.53 Å². The summed E-state index contributed by atoms with van der Waals surface area (Å²) in [6.07, 6.45) is 0.103. The number of carboxylic acid groups (broad SMARTS) is 1. The molecular weight excluding hydrogens is 288 g/mol. The van der Waals surface area contributed by atoms with Crippen molar-refractivity contribution in [3.05, 3.63) is 29.8 Å². The van der Waals surface area contributed by atoms with Crippen LogP contribution in [0.5, 0.6) is 5.75 Å².